The second-order valence-corrected chi connectivity index (χ2v) is 8.29. The van der Waals surface area contributed by atoms with Crippen molar-refractivity contribution < 1.29 is 8.42 Å². The highest BCUT2D eigenvalue weighted by Gasteiger charge is 2.18. The van der Waals surface area contributed by atoms with Crippen molar-refractivity contribution in [1.29, 1.82) is 0 Å². The number of piperidine rings is 1. The Bertz CT molecular complexity index is 569. The zero-order chi connectivity index (χ0) is 16.7. The van der Waals surface area contributed by atoms with E-state index in [9.17, 15) is 8.42 Å². The Labute approximate surface area is 141 Å². The van der Waals surface area contributed by atoms with Gasteiger partial charge < -0.3 is 4.90 Å². The third-order valence-corrected chi connectivity index (χ3v) is 6.10. The van der Waals surface area contributed by atoms with Gasteiger partial charge in [0, 0.05) is 12.6 Å². The van der Waals surface area contributed by atoms with E-state index < -0.39 is 10.0 Å². The molecule has 1 heterocycles. The van der Waals surface area contributed by atoms with Crippen molar-refractivity contribution in [2.75, 3.05) is 19.6 Å². The van der Waals surface area contributed by atoms with Crippen LogP contribution in [0, 0.1) is 0 Å². The minimum atomic E-state index is -3.38. The first-order chi connectivity index (χ1) is 11.0. The molecular weight excluding hydrogens is 308 g/mol. The van der Waals surface area contributed by atoms with E-state index in [2.05, 4.69) is 23.5 Å². The van der Waals surface area contributed by atoms with Crippen LogP contribution in [0.15, 0.2) is 29.2 Å². The van der Waals surface area contributed by atoms with Gasteiger partial charge in [-0.25, -0.2) is 13.1 Å². The molecule has 1 unspecified atom stereocenters. The number of rotatable bonds is 8. The summed E-state index contributed by atoms with van der Waals surface area (Å²) in [6, 6.07) is 7.87. The largest absolute Gasteiger partial charge is 0.301 e. The first-order valence-electron chi connectivity index (χ1n) is 8.85. The monoisotopic (exact) mass is 338 g/mol. The third kappa shape index (κ3) is 5.59. The molecule has 1 aromatic rings. The molecule has 0 saturated carbocycles. The Hall–Kier alpha value is -0.910. The van der Waals surface area contributed by atoms with Crippen molar-refractivity contribution in [1.82, 2.24) is 9.62 Å². The number of sulfonamides is 1. The average Bonchev–Trinajstić information content (AvgIpc) is 2.54. The van der Waals surface area contributed by atoms with Crippen LogP contribution in [0.25, 0.3) is 0 Å². The van der Waals surface area contributed by atoms with Crippen LogP contribution in [0.2, 0.25) is 0 Å². The summed E-state index contributed by atoms with van der Waals surface area (Å²) in [6.07, 6.45) is 6.76. The van der Waals surface area contributed by atoms with Gasteiger partial charge in [-0.2, -0.15) is 0 Å². The van der Waals surface area contributed by atoms with Gasteiger partial charge in [0.1, 0.15) is 0 Å². The number of likely N-dealkylation sites (tertiary alicyclic amines) is 1. The lowest BCUT2D eigenvalue weighted by Gasteiger charge is -2.33. The van der Waals surface area contributed by atoms with E-state index >= 15 is 0 Å². The predicted octanol–water partition coefficient (Wildman–Crippen LogP) is 3.18. The Morgan fingerprint density at radius 3 is 2.61 bits per heavy atom. The Morgan fingerprint density at radius 2 is 1.96 bits per heavy atom. The maximum atomic E-state index is 12.3. The molecule has 130 valence electrons. The fourth-order valence-corrected chi connectivity index (χ4v) is 4.26. The zero-order valence-corrected chi connectivity index (χ0v) is 15.2. The highest BCUT2D eigenvalue weighted by atomic mass is 32.2. The van der Waals surface area contributed by atoms with Crippen molar-refractivity contribution in [3.8, 4) is 0 Å². The molecule has 0 aliphatic carbocycles. The molecule has 1 aromatic carbocycles. The Balaban J connectivity index is 1.79. The molecular formula is C18H30N2O2S. The number of aryl methyl sites for hydroxylation is 1. The molecule has 0 radical (unpaired) electrons. The van der Waals surface area contributed by atoms with Gasteiger partial charge in [-0.1, -0.05) is 31.9 Å². The number of hydrogen-bond donors (Lipinski definition) is 1. The lowest BCUT2D eigenvalue weighted by molar-refractivity contribution is 0.159. The van der Waals surface area contributed by atoms with Crippen LogP contribution in [-0.2, 0) is 16.4 Å². The van der Waals surface area contributed by atoms with Gasteiger partial charge in [-0.15, -0.1) is 0 Å². The van der Waals surface area contributed by atoms with E-state index in [1.807, 2.05) is 12.1 Å². The molecule has 23 heavy (non-hydrogen) atoms. The number of nitrogens with one attached hydrogen (secondary N) is 1. The van der Waals surface area contributed by atoms with E-state index in [0.29, 0.717) is 17.5 Å². The van der Waals surface area contributed by atoms with Crippen molar-refractivity contribution in [3.63, 3.8) is 0 Å². The van der Waals surface area contributed by atoms with Crippen molar-refractivity contribution in [3.05, 3.63) is 29.8 Å². The van der Waals surface area contributed by atoms with Gasteiger partial charge in [0.15, 0.2) is 0 Å². The van der Waals surface area contributed by atoms with Crippen molar-refractivity contribution >= 4 is 10.0 Å². The quantitative estimate of drug-likeness (QED) is 0.741. The SMILES string of the molecule is CCCc1ccc(S(=O)(=O)NCCCN2CCCCC2C)cc1. The molecule has 1 saturated heterocycles. The molecule has 2 rings (SSSR count). The summed E-state index contributed by atoms with van der Waals surface area (Å²) in [5.41, 5.74) is 1.19. The van der Waals surface area contributed by atoms with Gasteiger partial charge in [0.05, 0.1) is 4.90 Å². The molecule has 1 fully saturated rings. The van der Waals surface area contributed by atoms with Gasteiger partial charge in [0.25, 0.3) is 0 Å². The summed E-state index contributed by atoms with van der Waals surface area (Å²) in [5.74, 6) is 0. The molecule has 0 amide bonds. The number of nitrogens with zero attached hydrogens (tertiary/aromatic N) is 1. The summed E-state index contributed by atoms with van der Waals surface area (Å²) in [6.45, 7) is 7.00. The first-order valence-corrected chi connectivity index (χ1v) is 10.3. The first kappa shape index (κ1) is 18.4. The summed E-state index contributed by atoms with van der Waals surface area (Å²) in [5, 5.41) is 0. The highest BCUT2D eigenvalue weighted by molar-refractivity contribution is 7.89. The van der Waals surface area contributed by atoms with Crippen LogP contribution in [0.5, 0.6) is 0 Å². The molecule has 4 nitrogen and oxygen atoms in total. The summed E-state index contributed by atoms with van der Waals surface area (Å²) in [7, 11) is -3.38. The molecule has 1 aliphatic heterocycles. The highest BCUT2D eigenvalue weighted by Crippen LogP contribution is 2.16. The zero-order valence-electron chi connectivity index (χ0n) is 14.4. The van der Waals surface area contributed by atoms with Crippen LogP contribution in [0.4, 0.5) is 0 Å². The normalized spacial score (nSPS) is 19.8. The predicted molar refractivity (Wildman–Crippen MR) is 95.1 cm³/mol. The topological polar surface area (TPSA) is 49.4 Å². The molecule has 1 N–H and O–H groups in total. The summed E-state index contributed by atoms with van der Waals surface area (Å²) >= 11 is 0. The molecule has 1 aliphatic rings. The lowest BCUT2D eigenvalue weighted by Crippen LogP contribution is -2.39. The maximum Gasteiger partial charge on any atom is 0.240 e. The van der Waals surface area contributed by atoms with Gasteiger partial charge in [-0.05, 0) is 63.4 Å². The van der Waals surface area contributed by atoms with E-state index in [0.717, 1.165) is 32.4 Å². The van der Waals surface area contributed by atoms with Crippen LogP contribution in [-0.4, -0.2) is 39.0 Å². The summed E-state index contributed by atoms with van der Waals surface area (Å²) < 4.78 is 27.3. The molecule has 1 atom stereocenters. The van der Waals surface area contributed by atoms with Gasteiger partial charge in [-0.3, -0.25) is 0 Å². The Kier molecular flexibility index (Phi) is 7.06. The van der Waals surface area contributed by atoms with Crippen LogP contribution in [0.1, 0.15) is 51.5 Å². The molecule has 0 bridgehead atoms. The number of hydrogen-bond acceptors (Lipinski definition) is 3. The van der Waals surface area contributed by atoms with Crippen LogP contribution < -0.4 is 4.72 Å². The minimum Gasteiger partial charge on any atom is -0.301 e. The molecule has 5 heteroatoms. The van der Waals surface area contributed by atoms with Crippen LogP contribution >= 0.6 is 0 Å². The van der Waals surface area contributed by atoms with Crippen molar-refractivity contribution in [2.45, 2.75) is 63.3 Å². The standard InChI is InChI=1S/C18H30N2O2S/c1-3-7-17-9-11-18(12-10-17)23(21,22)19-13-6-15-20-14-5-4-8-16(20)2/h9-12,16,19H,3-8,13-15H2,1-2H3. The molecule has 0 aromatic heterocycles. The van der Waals surface area contributed by atoms with Crippen LogP contribution in [0.3, 0.4) is 0 Å². The van der Waals surface area contributed by atoms with E-state index in [4.69, 9.17) is 0 Å². The van der Waals surface area contributed by atoms with Gasteiger partial charge >= 0.3 is 0 Å². The fraction of sp³-hybridized carbons (Fsp3) is 0.667. The number of benzene rings is 1. The fourth-order valence-electron chi connectivity index (χ4n) is 3.19. The van der Waals surface area contributed by atoms with Gasteiger partial charge in [0.2, 0.25) is 10.0 Å². The Morgan fingerprint density at radius 1 is 1.22 bits per heavy atom. The molecule has 0 spiro atoms. The second-order valence-electron chi connectivity index (χ2n) is 6.53. The lowest BCUT2D eigenvalue weighted by atomic mass is 10.0. The van der Waals surface area contributed by atoms with E-state index in [-0.39, 0.29) is 0 Å². The third-order valence-electron chi connectivity index (χ3n) is 4.63. The second kappa shape index (κ2) is 8.81. The smallest absolute Gasteiger partial charge is 0.240 e. The van der Waals surface area contributed by atoms with Crippen molar-refractivity contribution in [2.24, 2.45) is 0 Å². The summed E-state index contributed by atoms with van der Waals surface area (Å²) in [4.78, 5) is 2.83. The van der Waals surface area contributed by atoms with E-state index in [1.54, 1.807) is 12.1 Å². The average molecular weight is 339 g/mol. The minimum absolute atomic E-state index is 0.365. The van der Waals surface area contributed by atoms with E-state index in [1.165, 1.54) is 24.8 Å². The maximum absolute atomic E-state index is 12.3.